The minimum Gasteiger partial charge on any atom is -0.345 e. The molecule has 0 spiro atoms. The van der Waals surface area contributed by atoms with E-state index >= 15 is 0 Å². The molecule has 7 heteroatoms. The fourth-order valence-corrected chi connectivity index (χ4v) is 3.89. The van der Waals surface area contributed by atoms with Gasteiger partial charge in [0.05, 0.1) is 6.20 Å². The van der Waals surface area contributed by atoms with Gasteiger partial charge in [-0.15, -0.1) is 11.3 Å². The van der Waals surface area contributed by atoms with Crippen molar-refractivity contribution in [1.29, 1.82) is 0 Å². The van der Waals surface area contributed by atoms with Gasteiger partial charge in [0.1, 0.15) is 0 Å². The van der Waals surface area contributed by atoms with Gasteiger partial charge in [-0.2, -0.15) is 5.10 Å². The van der Waals surface area contributed by atoms with Crippen LogP contribution in [0.1, 0.15) is 17.9 Å². The third-order valence-corrected chi connectivity index (χ3v) is 5.37. The summed E-state index contributed by atoms with van der Waals surface area (Å²) in [5.41, 5.74) is 1.20. The first-order valence-electron chi connectivity index (χ1n) is 7.64. The number of aryl methyl sites for hydroxylation is 1. The number of hydrogen-bond acceptors (Lipinski definition) is 5. The number of thiazole rings is 1. The average Bonchev–Trinajstić information content (AvgIpc) is 2.95. The van der Waals surface area contributed by atoms with Gasteiger partial charge in [0.2, 0.25) is 5.91 Å². The monoisotopic (exact) mass is 317 g/mol. The Morgan fingerprint density at radius 2 is 2.14 bits per heavy atom. The third kappa shape index (κ3) is 2.49. The Morgan fingerprint density at radius 1 is 1.32 bits per heavy atom. The second kappa shape index (κ2) is 5.39. The smallest absolute Gasteiger partial charge is 0.226 e. The van der Waals surface area contributed by atoms with Gasteiger partial charge in [-0.1, -0.05) is 0 Å². The summed E-state index contributed by atoms with van der Waals surface area (Å²) in [5, 5.41) is 7.26. The lowest BCUT2D eigenvalue weighted by Crippen LogP contribution is -2.49. The fraction of sp³-hybridized carbons (Fsp3) is 0.533. The molecule has 1 saturated heterocycles. The maximum Gasteiger partial charge on any atom is 0.226 e. The fourth-order valence-electron chi connectivity index (χ4n) is 3.19. The molecule has 22 heavy (non-hydrogen) atoms. The number of carbonyl (C=O) groups is 1. The zero-order valence-electron chi connectivity index (χ0n) is 12.6. The molecule has 1 saturated carbocycles. The van der Waals surface area contributed by atoms with Gasteiger partial charge in [0, 0.05) is 56.9 Å². The Kier molecular flexibility index (Phi) is 3.37. The van der Waals surface area contributed by atoms with Gasteiger partial charge < -0.3 is 9.80 Å². The zero-order valence-corrected chi connectivity index (χ0v) is 13.4. The average molecular weight is 317 g/mol. The lowest BCUT2D eigenvalue weighted by Gasteiger charge is -2.34. The first-order chi connectivity index (χ1) is 10.7. The van der Waals surface area contributed by atoms with E-state index < -0.39 is 0 Å². The summed E-state index contributed by atoms with van der Waals surface area (Å²) < 4.78 is 1.81. The second-order valence-corrected chi connectivity index (χ2v) is 6.90. The molecule has 2 aliphatic rings. The topological polar surface area (TPSA) is 54.3 Å². The summed E-state index contributed by atoms with van der Waals surface area (Å²) in [5.74, 6) is 0.849. The van der Waals surface area contributed by atoms with Crippen molar-refractivity contribution in [3.8, 4) is 0 Å². The number of carbonyl (C=O) groups excluding carboxylic acids is 1. The largest absolute Gasteiger partial charge is 0.345 e. The molecule has 1 aliphatic carbocycles. The van der Waals surface area contributed by atoms with Gasteiger partial charge in [0.15, 0.2) is 5.13 Å². The maximum atomic E-state index is 12.6. The van der Waals surface area contributed by atoms with E-state index in [4.69, 9.17) is 0 Å². The molecule has 2 aromatic heterocycles. The quantitative estimate of drug-likeness (QED) is 0.857. The van der Waals surface area contributed by atoms with Crippen LogP contribution in [-0.4, -0.2) is 51.8 Å². The lowest BCUT2D eigenvalue weighted by atomic mass is 10.2. The number of piperazine rings is 1. The van der Waals surface area contributed by atoms with E-state index in [1.165, 1.54) is 5.56 Å². The van der Waals surface area contributed by atoms with Crippen LogP contribution in [0.15, 0.2) is 24.0 Å². The number of amides is 1. The number of rotatable bonds is 3. The first kappa shape index (κ1) is 13.8. The first-order valence-corrected chi connectivity index (χ1v) is 8.52. The van der Waals surface area contributed by atoms with Crippen LogP contribution >= 0.6 is 11.3 Å². The van der Waals surface area contributed by atoms with Gasteiger partial charge >= 0.3 is 0 Å². The highest BCUT2D eigenvalue weighted by atomic mass is 32.1. The van der Waals surface area contributed by atoms with E-state index in [0.717, 1.165) is 37.7 Å². The van der Waals surface area contributed by atoms with Crippen molar-refractivity contribution in [2.45, 2.75) is 12.3 Å². The molecule has 4 rings (SSSR count). The molecule has 0 aromatic carbocycles. The van der Waals surface area contributed by atoms with Crippen molar-refractivity contribution in [2.24, 2.45) is 13.0 Å². The number of hydrogen-bond donors (Lipinski definition) is 0. The Morgan fingerprint density at radius 3 is 2.77 bits per heavy atom. The van der Waals surface area contributed by atoms with E-state index in [0.29, 0.717) is 11.8 Å². The van der Waals surface area contributed by atoms with Crippen LogP contribution in [0.3, 0.4) is 0 Å². The van der Waals surface area contributed by atoms with Crippen LogP contribution in [0.2, 0.25) is 0 Å². The molecule has 0 N–H and O–H groups in total. The predicted molar refractivity (Wildman–Crippen MR) is 85.0 cm³/mol. The predicted octanol–water partition coefficient (Wildman–Crippen LogP) is 1.33. The van der Waals surface area contributed by atoms with Crippen molar-refractivity contribution in [3.63, 3.8) is 0 Å². The van der Waals surface area contributed by atoms with E-state index in [9.17, 15) is 4.79 Å². The summed E-state index contributed by atoms with van der Waals surface area (Å²) in [6.07, 6.45) is 6.72. The summed E-state index contributed by atoms with van der Waals surface area (Å²) in [6, 6.07) is 0. The van der Waals surface area contributed by atoms with Crippen molar-refractivity contribution in [3.05, 3.63) is 29.5 Å². The van der Waals surface area contributed by atoms with Crippen LogP contribution < -0.4 is 4.90 Å². The molecule has 1 aliphatic heterocycles. The molecule has 0 bridgehead atoms. The second-order valence-electron chi connectivity index (χ2n) is 6.02. The Labute approximate surface area is 133 Å². The Bertz CT molecular complexity index is 659. The molecule has 1 amide bonds. The van der Waals surface area contributed by atoms with E-state index in [1.54, 1.807) is 11.3 Å². The van der Waals surface area contributed by atoms with Gasteiger partial charge in [-0.25, -0.2) is 4.98 Å². The minimum atomic E-state index is 0.163. The van der Waals surface area contributed by atoms with E-state index in [1.807, 2.05) is 40.6 Å². The molecule has 2 atom stereocenters. The Hall–Kier alpha value is -1.89. The zero-order chi connectivity index (χ0) is 15.1. The molecular formula is C15H19N5OS. The molecule has 0 radical (unpaired) electrons. The molecule has 6 nitrogen and oxygen atoms in total. The molecule has 116 valence electrons. The van der Waals surface area contributed by atoms with Gasteiger partial charge in [-0.3, -0.25) is 9.48 Å². The van der Waals surface area contributed by atoms with E-state index in [2.05, 4.69) is 15.0 Å². The highest BCUT2D eigenvalue weighted by molar-refractivity contribution is 7.13. The summed E-state index contributed by atoms with van der Waals surface area (Å²) in [6.45, 7) is 3.36. The molecule has 0 unspecified atom stereocenters. The van der Waals surface area contributed by atoms with Crippen LogP contribution in [0.5, 0.6) is 0 Å². The SMILES string of the molecule is Cn1cc([C@@H]2C[C@H]2C(=O)N2CCN(c3nccs3)CC2)cn1. The van der Waals surface area contributed by atoms with Crippen LogP contribution in [0.4, 0.5) is 5.13 Å². The van der Waals surface area contributed by atoms with Crippen LogP contribution in [0, 0.1) is 5.92 Å². The molecular weight excluding hydrogens is 298 g/mol. The van der Waals surface area contributed by atoms with E-state index in [-0.39, 0.29) is 5.92 Å². The number of aromatic nitrogens is 3. The normalized spacial score (nSPS) is 24.6. The van der Waals surface area contributed by atoms with Crippen LogP contribution in [-0.2, 0) is 11.8 Å². The minimum absolute atomic E-state index is 0.163. The highest BCUT2D eigenvalue weighted by Crippen LogP contribution is 2.48. The molecule has 2 aromatic rings. The van der Waals surface area contributed by atoms with Crippen LogP contribution in [0.25, 0.3) is 0 Å². The highest BCUT2D eigenvalue weighted by Gasteiger charge is 2.46. The maximum absolute atomic E-state index is 12.6. The Balaban J connectivity index is 1.33. The van der Waals surface area contributed by atoms with Crippen molar-refractivity contribution in [2.75, 3.05) is 31.1 Å². The van der Waals surface area contributed by atoms with Gasteiger partial charge in [0.25, 0.3) is 0 Å². The molecule has 2 fully saturated rings. The van der Waals surface area contributed by atoms with Crippen molar-refractivity contribution < 1.29 is 4.79 Å². The summed E-state index contributed by atoms with van der Waals surface area (Å²) >= 11 is 1.66. The third-order valence-electron chi connectivity index (χ3n) is 4.54. The number of nitrogens with zero attached hydrogens (tertiary/aromatic N) is 5. The standard InChI is InChI=1S/C15H19N5OS/c1-18-10-11(9-17-18)12-8-13(12)14(21)19-3-5-20(6-4-19)15-16-2-7-22-15/h2,7,9-10,12-13H,3-6,8H2,1H3/t12-,13+/m0/s1. The lowest BCUT2D eigenvalue weighted by molar-refractivity contribution is -0.132. The van der Waals surface area contributed by atoms with Crippen molar-refractivity contribution >= 4 is 22.4 Å². The summed E-state index contributed by atoms with van der Waals surface area (Å²) in [7, 11) is 1.92. The van der Waals surface area contributed by atoms with Crippen molar-refractivity contribution in [1.82, 2.24) is 19.7 Å². The number of anilines is 1. The molecule has 3 heterocycles. The van der Waals surface area contributed by atoms with Gasteiger partial charge in [-0.05, 0) is 17.9 Å². The summed E-state index contributed by atoms with van der Waals surface area (Å²) in [4.78, 5) is 21.2.